The first-order valence-corrected chi connectivity index (χ1v) is 7.78. The quantitative estimate of drug-likeness (QED) is 0.870. The number of carbonyl (C=O) groups excluding carboxylic acids is 1. The minimum atomic E-state index is 0.118. The van der Waals surface area contributed by atoms with Gasteiger partial charge < -0.3 is 15.0 Å². The predicted molar refractivity (Wildman–Crippen MR) is 84.6 cm³/mol. The Balaban J connectivity index is 2.00. The number of amides is 1. The van der Waals surface area contributed by atoms with E-state index in [0.29, 0.717) is 5.92 Å². The van der Waals surface area contributed by atoms with E-state index in [9.17, 15) is 4.79 Å². The summed E-state index contributed by atoms with van der Waals surface area (Å²) < 4.78 is 5.50. The van der Waals surface area contributed by atoms with Gasteiger partial charge in [-0.1, -0.05) is 18.2 Å². The topological polar surface area (TPSA) is 41.6 Å². The molecule has 1 atom stereocenters. The van der Waals surface area contributed by atoms with Gasteiger partial charge in [-0.25, -0.2) is 0 Å². The second-order valence-electron chi connectivity index (χ2n) is 5.78. The molecule has 1 N–H and O–H groups in total. The van der Waals surface area contributed by atoms with E-state index in [1.54, 1.807) is 0 Å². The van der Waals surface area contributed by atoms with Gasteiger partial charge >= 0.3 is 0 Å². The predicted octanol–water partition coefficient (Wildman–Crippen LogP) is 1.95. The molecule has 0 aromatic heterocycles. The molecule has 1 aromatic rings. The van der Waals surface area contributed by atoms with Gasteiger partial charge in [-0.15, -0.1) is 0 Å². The Bertz CT molecular complexity index is 456. The zero-order valence-electron chi connectivity index (χ0n) is 13.1. The molecule has 0 aliphatic carbocycles. The maximum Gasteiger partial charge on any atom is 0.253 e. The van der Waals surface area contributed by atoms with Crippen LogP contribution in [0.25, 0.3) is 0 Å². The van der Waals surface area contributed by atoms with E-state index in [1.165, 1.54) is 0 Å². The smallest absolute Gasteiger partial charge is 0.253 e. The Morgan fingerprint density at radius 3 is 2.95 bits per heavy atom. The number of nitrogens with zero attached hydrogens (tertiary/aromatic N) is 1. The number of nitrogens with one attached hydrogen (secondary N) is 1. The molecule has 1 aliphatic rings. The Morgan fingerprint density at radius 2 is 2.24 bits per heavy atom. The molecule has 2 rings (SSSR count). The number of benzene rings is 1. The van der Waals surface area contributed by atoms with Gasteiger partial charge in [-0.3, -0.25) is 4.79 Å². The molecule has 0 spiro atoms. The average Bonchev–Trinajstić information content (AvgIpc) is 2.53. The fourth-order valence-electron chi connectivity index (χ4n) is 2.83. The molecule has 1 saturated heterocycles. The van der Waals surface area contributed by atoms with Gasteiger partial charge in [0.1, 0.15) is 0 Å². The molecule has 1 fully saturated rings. The molecular formula is C17H26N2O2. The number of hydrogen-bond donors (Lipinski definition) is 1. The molecule has 0 saturated carbocycles. The third-order valence-electron chi connectivity index (χ3n) is 4.03. The van der Waals surface area contributed by atoms with Gasteiger partial charge in [0, 0.05) is 25.8 Å². The highest BCUT2D eigenvalue weighted by atomic mass is 16.5. The fourth-order valence-corrected chi connectivity index (χ4v) is 2.83. The molecule has 1 unspecified atom stereocenters. The van der Waals surface area contributed by atoms with Crippen LogP contribution in [-0.2, 0) is 11.2 Å². The molecule has 1 heterocycles. The summed E-state index contributed by atoms with van der Waals surface area (Å²) in [5, 5.41) is 3.14. The highest BCUT2D eigenvalue weighted by Gasteiger charge is 2.20. The van der Waals surface area contributed by atoms with Gasteiger partial charge in [0.25, 0.3) is 5.91 Å². The van der Waals surface area contributed by atoms with Crippen molar-refractivity contribution in [1.29, 1.82) is 0 Å². The standard InChI is InChI=1S/C17H26N2O2/c1-18-10-9-15-7-3-4-8-16(15)17(20)19(2)12-14-6-5-11-21-13-14/h3-4,7-8,14,18H,5-6,9-13H2,1-2H3. The molecule has 4 heteroatoms. The van der Waals surface area contributed by atoms with Crippen LogP contribution >= 0.6 is 0 Å². The van der Waals surface area contributed by atoms with E-state index in [4.69, 9.17) is 4.74 Å². The van der Waals surface area contributed by atoms with Crippen LogP contribution in [0.4, 0.5) is 0 Å². The number of likely N-dealkylation sites (N-methyl/N-ethyl adjacent to an activating group) is 1. The Morgan fingerprint density at radius 1 is 1.43 bits per heavy atom. The number of hydrogen-bond acceptors (Lipinski definition) is 3. The Hall–Kier alpha value is -1.39. The van der Waals surface area contributed by atoms with Crippen LogP contribution in [-0.4, -0.2) is 51.2 Å². The van der Waals surface area contributed by atoms with Gasteiger partial charge in [0.05, 0.1) is 6.61 Å². The van der Waals surface area contributed by atoms with Crippen molar-refractivity contribution in [2.75, 3.05) is 40.4 Å². The van der Waals surface area contributed by atoms with Crippen molar-refractivity contribution in [3.63, 3.8) is 0 Å². The van der Waals surface area contributed by atoms with Crippen LogP contribution in [0, 0.1) is 5.92 Å². The molecule has 4 nitrogen and oxygen atoms in total. The first-order valence-electron chi connectivity index (χ1n) is 7.78. The molecular weight excluding hydrogens is 264 g/mol. The van der Waals surface area contributed by atoms with Crippen molar-refractivity contribution in [1.82, 2.24) is 10.2 Å². The minimum absolute atomic E-state index is 0.118. The van der Waals surface area contributed by atoms with Gasteiger partial charge in [-0.2, -0.15) is 0 Å². The van der Waals surface area contributed by atoms with Gasteiger partial charge in [0.2, 0.25) is 0 Å². The van der Waals surface area contributed by atoms with Crippen LogP contribution in [0.1, 0.15) is 28.8 Å². The third kappa shape index (κ3) is 4.55. The van der Waals surface area contributed by atoms with Crippen LogP contribution in [0.5, 0.6) is 0 Å². The Kier molecular flexibility index (Phi) is 6.21. The van der Waals surface area contributed by atoms with Gasteiger partial charge in [0.15, 0.2) is 0 Å². The normalized spacial score (nSPS) is 18.5. The second kappa shape index (κ2) is 8.15. The van der Waals surface area contributed by atoms with Crippen LogP contribution in [0.2, 0.25) is 0 Å². The molecule has 0 radical (unpaired) electrons. The minimum Gasteiger partial charge on any atom is -0.381 e. The summed E-state index contributed by atoms with van der Waals surface area (Å²) in [4.78, 5) is 14.5. The number of rotatable bonds is 6. The summed E-state index contributed by atoms with van der Waals surface area (Å²) in [5.41, 5.74) is 1.94. The highest BCUT2D eigenvalue weighted by Crippen LogP contribution is 2.17. The van der Waals surface area contributed by atoms with Crippen LogP contribution in [0.15, 0.2) is 24.3 Å². The van der Waals surface area contributed by atoms with Crippen molar-refractivity contribution >= 4 is 5.91 Å². The maximum atomic E-state index is 12.7. The molecule has 116 valence electrons. The van der Waals surface area contributed by atoms with E-state index >= 15 is 0 Å². The van der Waals surface area contributed by atoms with E-state index in [2.05, 4.69) is 5.32 Å². The zero-order chi connectivity index (χ0) is 15.1. The molecule has 0 bridgehead atoms. The van der Waals surface area contributed by atoms with E-state index < -0.39 is 0 Å². The van der Waals surface area contributed by atoms with Crippen molar-refractivity contribution in [3.8, 4) is 0 Å². The van der Waals surface area contributed by atoms with E-state index in [-0.39, 0.29) is 5.91 Å². The number of carbonyl (C=O) groups is 1. The lowest BCUT2D eigenvalue weighted by molar-refractivity contribution is 0.0388. The highest BCUT2D eigenvalue weighted by molar-refractivity contribution is 5.95. The molecule has 21 heavy (non-hydrogen) atoms. The monoisotopic (exact) mass is 290 g/mol. The lowest BCUT2D eigenvalue weighted by Crippen LogP contribution is -2.35. The van der Waals surface area contributed by atoms with E-state index in [1.807, 2.05) is 43.3 Å². The summed E-state index contributed by atoms with van der Waals surface area (Å²) >= 11 is 0. The lowest BCUT2D eigenvalue weighted by atomic mass is 10.00. The first kappa shape index (κ1) is 16.0. The average molecular weight is 290 g/mol. The number of ether oxygens (including phenoxy) is 1. The SMILES string of the molecule is CNCCc1ccccc1C(=O)N(C)CC1CCCOC1. The summed E-state index contributed by atoms with van der Waals surface area (Å²) in [6.45, 7) is 3.30. The summed E-state index contributed by atoms with van der Waals surface area (Å²) in [5.74, 6) is 0.587. The van der Waals surface area contributed by atoms with Crippen molar-refractivity contribution < 1.29 is 9.53 Å². The van der Waals surface area contributed by atoms with Gasteiger partial charge in [-0.05, 0) is 50.4 Å². The van der Waals surface area contributed by atoms with Crippen molar-refractivity contribution in [2.45, 2.75) is 19.3 Å². The first-order chi connectivity index (χ1) is 10.2. The fraction of sp³-hybridized carbons (Fsp3) is 0.588. The molecule has 1 aromatic carbocycles. The molecule has 1 amide bonds. The molecule has 1 aliphatic heterocycles. The summed E-state index contributed by atoms with van der Waals surface area (Å²) in [6.07, 6.45) is 3.13. The third-order valence-corrected chi connectivity index (χ3v) is 4.03. The second-order valence-corrected chi connectivity index (χ2v) is 5.78. The van der Waals surface area contributed by atoms with Crippen molar-refractivity contribution in [2.24, 2.45) is 5.92 Å². The largest absolute Gasteiger partial charge is 0.381 e. The summed E-state index contributed by atoms with van der Waals surface area (Å²) in [6, 6.07) is 7.91. The van der Waals surface area contributed by atoms with Crippen LogP contribution < -0.4 is 5.32 Å². The van der Waals surface area contributed by atoms with Crippen molar-refractivity contribution in [3.05, 3.63) is 35.4 Å². The van der Waals surface area contributed by atoms with E-state index in [0.717, 1.165) is 56.7 Å². The van der Waals surface area contributed by atoms with Crippen LogP contribution in [0.3, 0.4) is 0 Å². The zero-order valence-corrected chi connectivity index (χ0v) is 13.1. The Labute approximate surface area is 127 Å². The maximum absolute atomic E-state index is 12.7. The lowest BCUT2D eigenvalue weighted by Gasteiger charge is -2.27. The summed E-state index contributed by atoms with van der Waals surface area (Å²) in [7, 11) is 3.82.